The van der Waals surface area contributed by atoms with Gasteiger partial charge in [0.15, 0.2) is 5.69 Å². The van der Waals surface area contributed by atoms with Crippen LogP contribution in [0.4, 0.5) is 0 Å². The van der Waals surface area contributed by atoms with Crippen molar-refractivity contribution in [2.75, 3.05) is 19.7 Å². The van der Waals surface area contributed by atoms with E-state index in [1.807, 2.05) is 18.2 Å². The van der Waals surface area contributed by atoms with Crippen LogP contribution in [0.1, 0.15) is 29.0 Å². The summed E-state index contributed by atoms with van der Waals surface area (Å²) in [6.07, 6.45) is 5.42. The molecular formula is C16H22N6O2. The van der Waals surface area contributed by atoms with Crippen LogP contribution in [-0.2, 0) is 17.8 Å². The summed E-state index contributed by atoms with van der Waals surface area (Å²) in [5, 5.41) is 7.92. The highest BCUT2D eigenvalue weighted by molar-refractivity contribution is 5.91. The van der Waals surface area contributed by atoms with Crippen molar-refractivity contribution in [2.24, 2.45) is 5.73 Å². The lowest BCUT2D eigenvalue weighted by Crippen LogP contribution is -2.37. The fraction of sp³-hybridized carbons (Fsp3) is 0.500. The molecule has 3 rings (SSSR count). The van der Waals surface area contributed by atoms with Gasteiger partial charge < -0.3 is 15.4 Å². The first-order chi connectivity index (χ1) is 11.8. The van der Waals surface area contributed by atoms with E-state index in [0.717, 1.165) is 25.1 Å². The molecule has 24 heavy (non-hydrogen) atoms. The molecule has 8 heteroatoms. The lowest BCUT2D eigenvalue weighted by Gasteiger charge is -2.24. The molecule has 0 unspecified atom stereocenters. The summed E-state index contributed by atoms with van der Waals surface area (Å²) in [4.78, 5) is 18.9. The second-order valence-corrected chi connectivity index (χ2v) is 5.80. The quantitative estimate of drug-likeness (QED) is 0.791. The van der Waals surface area contributed by atoms with E-state index in [1.54, 1.807) is 22.0 Å². The summed E-state index contributed by atoms with van der Waals surface area (Å²) in [7, 11) is 0. The molecule has 1 fully saturated rings. The Bertz CT molecular complexity index is 654. The third kappa shape index (κ3) is 4.15. The Hall–Kier alpha value is -2.32. The molecule has 1 amide bonds. The maximum absolute atomic E-state index is 12.9. The summed E-state index contributed by atoms with van der Waals surface area (Å²) in [6, 6.07) is 5.67. The molecule has 0 radical (unpaired) electrons. The molecule has 1 aliphatic heterocycles. The first-order valence-electron chi connectivity index (χ1n) is 8.17. The van der Waals surface area contributed by atoms with Gasteiger partial charge in [-0.1, -0.05) is 11.3 Å². The van der Waals surface area contributed by atoms with E-state index < -0.39 is 0 Å². The van der Waals surface area contributed by atoms with Crippen LogP contribution in [0.2, 0.25) is 0 Å². The van der Waals surface area contributed by atoms with Gasteiger partial charge in [0, 0.05) is 25.9 Å². The first-order valence-corrected chi connectivity index (χ1v) is 8.17. The number of nitrogens with two attached hydrogens (primary N) is 1. The van der Waals surface area contributed by atoms with E-state index in [1.165, 1.54) is 0 Å². The van der Waals surface area contributed by atoms with Gasteiger partial charge >= 0.3 is 0 Å². The molecule has 2 N–H and O–H groups in total. The topological polar surface area (TPSA) is 99.2 Å². The maximum Gasteiger partial charge on any atom is 0.276 e. The monoisotopic (exact) mass is 330 g/mol. The van der Waals surface area contributed by atoms with Crippen molar-refractivity contribution in [1.29, 1.82) is 0 Å². The van der Waals surface area contributed by atoms with Gasteiger partial charge in [-0.3, -0.25) is 14.5 Å². The number of hydrogen-bond acceptors (Lipinski definition) is 6. The highest BCUT2D eigenvalue weighted by Crippen LogP contribution is 2.16. The molecule has 0 bridgehead atoms. The van der Waals surface area contributed by atoms with Gasteiger partial charge in [-0.05, 0) is 25.0 Å². The molecule has 2 aromatic rings. The molecule has 0 saturated carbocycles. The molecule has 2 aromatic heterocycles. The largest absolute Gasteiger partial charge is 0.376 e. The molecule has 0 aliphatic carbocycles. The van der Waals surface area contributed by atoms with Crippen molar-refractivity contribution in [3.05, 3.63) is 42.0 Å². The summed E-state index contributed by atoms with van der Waals surface area (Å²) in [5.41, 5.74) is 6.66. The maximum atomic E-state index is 12.9. The van der Waals surface area contributed by atoms with Crippen LogP contribution < -0.4 is 5.73 Å². The molecule has 8 nitrogen and oxygen atoms in total. The Kier molecular flexibility index (Phi) is 5.50. The number of amides is 1. The average Bonchev–Trinajstić information content (AvgIpc) is 3.27. The number of carbonyl (C=O) groups excluding carboxylic acids is 1. The second-order valence-electron chi connectivity index (χ2n) is 5.80. The predicted octanol–water partition coefficient (Wildman–Crippen LogP) is 0.453. The Morgan fingerprint density at radius 3 is 3.08 bits per heavy atom. The highest BCUT2D eigenvalue weighted by atomic mass is 16.5. The van der Waals surface area contributed by atoms with Crippen molar-refractivity contribution in [3.8, 4) is 0 Å². The SMILES string of the molecule is NCCn1cc(C(=O)N(Cc2ccccn2)C[C@H]2CCCO2)nn1. The van der Waals surface area contributed by atoms with Crippen LogP contribution in [0.5, 0.6) is 0 Å². The van der Waals surface area contributed by atoms with E-state index in [0.29, 0.717) is 31.9 Å². The van der Waals surface area contributed by atoms with E-state index in [2.05, 4.69) is 15.3 Å². The molecule has 3 heterocycles. The minimum atomic E-state index is -0.167. The predicted molar refractivity (Wildman–Crippen MR) is 87.0 cm³/mol. The van der Waals surface area contributed by atoms with Crippen LogP contribution in [0.15, 0.2) is 30.6 Å². The summed E-state index contributed by atoms with van der Waals surface area (Å²) >= 11 is 0. The molecular weight excluding hydrogens is 308 g/mol. The summed E-state index contributed by atoms with van der Waals surface area (Å²) < 4.78 is 7.26. The van der Waals surface area contributed by atoms with Crippen LogP contribution >= 0.6 is 0 Å². The third-order valence-electron chi connectivity index (χ3n) is 3.93. The van der Waals surface area contributed by atoms with Crippen LogP contribution in [-0.4, -0.2) is 56.6 Å². The van der Waals surface area contributed by atoms with Gasteiger partial charge in [0.1, 0.15) is 0 Å². The lowest BCUT2D eigenvalue weighted by molar-refractivity contribution is 0.0500. The van der Waals surface area contributed by atoms with Crippen molar-refractivity contribution >= 4 is 5.91 Å². The fourth-order valence-corrected chi connectivity index (χ4v) is 2.74. The molecule has 128 valence electrons. The molecule has 0 spiro atoms. The fourth-order valence-electron chi connectivity index (χ4n) is 2.74. The normalized spacial score (nSPS) is 17.1. The minimum Gasteiger partial charge on any atom is -0.376 e. The van der Waals surface area contributed by atoms with Gasteiger partial charge in [-0.2, -0.15) is 0 Å². The smallest absolute Gasteiger partial charge is 0.276 e. The van der Waals surface area contributed by atoms with Gasteiger partial charge in [-0.25, -0.2) is 0 Å². The van der Waals surface area contributed by atoms with E-state index in [9.17, 15) is 4.79 Å². The standard InChI is InChI=1S/C16H22N6O2/c17-6-8-22-12-15(19-20-22)16(23)21(11-14-5-3-9-24-14)10-13-4-1-2-7-18-13/h1-2,4,7,12,14H,3,5-6,8-11,17H2/t14-/m1/s1. The van der Waals surface area contributed by atoms with E-state index in [4.69, 9.17) is 10.5 Å². The van der Waals surface area contributed by atoms with Gasteiger partial charge in [-0.15, -0.1) is 5.10 Å². The summed E-state index contributed by atoms with van der Waals surface area (Å²) in [6.45, 7) is 2.68. The second kappa shape index (κ2) is 7.98. The molecule has 0 aromatic carbocycles. The highest BCUT2D eigenvalue weighted by Gasteiger charge is 2.25. The van der Waals surface area contributed by atoms with Gasteiger partial charge in [0.25, 0.3) is 5.91 Å². The van der Waals surface area contributed by atoms with Crippen molar-refractivity contribution in [3.63, 3.8) is 0 Å². The molecule has 1 atom stereocenters. The van der Waals surface area contributed by atoms with Crippen molar-refractivity contribution in [1.82, 2.24) is 24.9 Å². The number of pyridine rings is 1. The Balaban J connectivity index is 1.75. The Morgan fingerprint density at radius 2 is 2.38 bits per heavy atom. The number of rotatable bonds is 7. The average molecular weight is 330 g/mol. The molecule has 1 saturated heterocycles. The van der Waals surface area contributed by atoms with E-state index >= 15 is 0 Å². The third-order valence-corrected chi connectivity index (χ3v) is 3.93. The van der Waals surface area contributed by atoms with Gasteiger partial charge in [0.05, 0.1) is 31.1 Å². The number of hydrogen-bond donors (Lipinski definition) is 1. The summed E-state index contributed by atoms with van der Waals surface area (Å²) in [5.74, 6) is -0.167. The van der Waals surface area contributed by atoms with Crippen molar-refractivity contribution < 1.29 is 9.53 Å². The molecule has 1 aliphatic rings. The van der Waals surface area contributed by atoms with Gasteiger partial charge in [0.2, 0.25) is 0 Å². The first kappa shape index (κ1) is 16.5. The number of nitrogens with zero attached hydrogens (tertiary/aromatic N) is 5. The zero-order valence-corrected chi connectivity index (χ0v) is 13.5. The Morgan fingerprint density at radius 1 is 1.46 bits per heavy atom. The van der Waals surface area contributed by atoms with Crippen LogP contribution in [0, 0.1) is 0 Å². The zero-order valence-electron chi connectivity index (χ0n) is 13.5. The van der Waals surface area contributed by atoms with Crippen molar-refractivity contribution in [2.45, 2.75) is 32.0 Å². The zero-order chi connectivity index (χ0) is 16.8. The van der Waals surface area contributed by atoms with E-state index in [-0.39, 0.29) is 12.0 Å². The van der Waals surface area contributed by atoms with Crippen LogP contribution in [0.25, 0.3) is 0 Å². The number of carbonyl (C=O) groups is 1. The minimum absolute atomic E-state index is 0.0664. The Labute approximate surface area is 140 Å². The van der Waals surface area contributed by atoms with Crippen LogP contribution in [0.3, 0.4) is 0 Å². The lowest BCUT2D eigenvalue weighted by atomic mass is 10.2. The number of aromatic nitrogens is 4. The number of ether oxygens (including phenoxy) is 1.